The highest BCUT2D eigenvalue weighted by molar-refractivity contribution is 7.82. The number of esters is 2. The van der Waals surface area contributed by atoms with Crippen molar-refractivity contribution in [1.82, 2.24) is 0 Å². The number of carbonyl (C=O) groups is 2. The number of rotatable bonds is 58. The summed E-state index contributed by atoms with van der Waals surface area (Å²) in [5.41, 5.74) is 6.99. The Bertz CT molecular complexity index is 5210. The molecule has 0 saturated heterocycles. The van der Waals surface area contributed by atoms with Crippen LogP contribution in [0.4, 0.5) is 22.7 Å². The highest BCUT2D eigenvalue weighted by Crippen LogP contribution is 2.43. The van der Waals surface area contributed by atoms with Crippen molar-refractivity contribution in [2.75, 3.05) is 38.7 Å². The van der Waals surface area contributed by atoms with E-state index in [0.29, 0.717) is 56.9 Å². The predicted octanol–water partition coefficient (Wildman–Crippen LogP) is 35.2. The molecule has 0 radical (unpaired) electrons. The Labute approximate surface area is 901 Å². The first kappa shape index (κ1) is 125. The minimum Gasteiger partial charge on any atom is -0.505 e. The molecule has 22 nitrogen and oxygen atoms in total. The second kappa shape index (κ2) is 70.5. The third-order valence-corrected chi connectivity index (χ3v) is 27.8. The summed E-state index contributed by atoms with van der Waals surface area (Å²) in [5.74, 6) is 0.881. The number of hydrogen-bond donors (Lipinski definition) is 9. The number of unbranched alkanes of at least 4 members (excludes halogenated alkanes) is 28. The Morgan fingerprint density at radius 1 is 0.296 bits per heavy atom. The minimum absolute atomic E-state index is 0.00710. The molecule has 9 aromatic carbocycles. The lowest BCUT2D eigenvalue weighted by molar-refractivity contribution is 0.0495. The molecule has 0 saturated carbocycles. The number of benzene rings is 9. The van der Waals surface area contributed by atoms with Crippen LogP contribution in [0.1, 0.15) is 341 Å². The van der Waals surface area contributed by atoms with Gasteiger partial charge >= 0.3 is 57.0 Å². The Morgan fingerprint density at radius 3 is 0.845 bits per heavy atom. The number of phenols is 5. The van der Waals surface area contributed by atoms with Gasteiger partial charge in [0.15, 0.2) is 28.7 Å². The summed E-state index contributed by atoms with van der Waals surface area (Å²) in [6, 6.07) is 37.5. The zero-order valence-electron chi connectivity index (χ0n) is 82.9. The van der Waals surface area contributed by atoms with E-state index in [2.05, 4.69) is 100 Å². The standard InChI is InChI=1S/C30H41Cl2NO7S.C24H33Cl2NO4S.C24H33Cl2NO3S.C21H27Cl2NO3S.C7H6Cl2O/c1-3-5-7-9-11-13-15-38-29(35)22-17-23(30(36)39-16-14-12-10-8-6-4-2)19-25(18-22)40-41(37)33-24-20-26(31)28(34)27(32)21-24;1-2-3-4-5-6-7-8-9-10-11-16-30-20-12-14-21(15-13-20)31-32(29)27-19-17-22(25)24(28)23(26)18-19;1-2-3-4-5-6-7-8-9-10-11-12-19-13-15-21(16-14-19)30-31(29)27-20-17-22(25)24(28)23(26)18-20;1-11(2)14-7-16(12(3)4)21(17(8-14)13(5)6)27-28(26)24-15-9-18(22)20(25)19(23)10-15;1-4-2-5(8)7(10)6(9)3-4/h17-21,33-34H,3-16H2,1-2H3;12-15,17-18,27-28H,2-11,16H2,1H3;13-18,27-28H,2-12H2,1H3;7-13,24-25H,1-6H3;2-3,10H,1H3. The van der Waals surface area contributed by atoms with Gasteiger partial charge < -0.3 is 56.5 Å². The van der Waals surface area contributed by atoms with E-state index in [9.17, 15) is 46.9 Å². The molecule has 786 valence electrons. The number of aryl methyl sites for hydroxylation is 2. The number of aromatic hydroxyl groups is 5. The van der Waals surface area contributed by atoms with Gasteiger partial charge in [0.05, 0.1) is 104 Å². The Hall–Kier alpha value is -7.38. The largest absolute Gasteiger partial charge is 0.505 e. The molecule has 9 aromatic rings. The molecule has 9 N–H and O–H groups in total. The normalized spacial score (nSPS) is 11.8. The average molecular weight is 2240 g/mol. The molecule has 0 aliphatic rings. The maximum absolute atomic E-state index is 12.8. The fourth-order valence-electron chi connectivity index (χ4n) is 14.0. The Kier molecular flexibility index (Phi) is 62.1. The molecule has 4 atom stereocenters. The lowest BCUT2D eigenvalue weighted by Gasteiger charge is -2.22. The number of hydrogen-bond acceptors (Lipinski definition) is 18. The van der Waals surface area contributed by atoms with Gasteiger partial charge in [0.25, 0.3) is 0 Å². The van der Waals surface area contributed by atoms with Crippen LogP contribution in [0.15, 0.2) is 140 Å². The van der Waals surface area contributed by atoms with Gasteiger partial charge in [0.2, 0.25) is 0 Å². The Morgan fingerprint density at radius 2 is 0.549 bits per heavy atom. The fraction of sp³-hybridized carbons (Fsp3) is 0.472. The van der Waals surface area contributed by atoms with Crippen molar-refractivity contribution in [3.05, 3.63) is 229 Å². The minimum atomic E-state index is -2.16. The van der Waals surface area contributed by atoms with Crippen molar-refractivity contribution in [2.45, 2.75) is 306 Å². The molecule has 0 amide bonds. The van der Waals surface area contributed by atoms with E-state index in [4.69, 9.17) is 152 Å². The van der Waals surface area contributed by atoms with E-state index in [1.165, 1.54) is 213 Å². The van der Waals surface area contributed by atoms with Crippen molar-refractivity contribution < 1.29 is 82.9 Å². The zero-order valence-corrected chi connectivity index (χ0v) is 93.7. The molecule has 9 rings (SSSR count). The van der Waals surface area contributed by atoms with Crippen molar-refractivity contribution in [3.63, 3.8) is 0 Å². The lowest BCUT2D eigenvalue weighted by Crippen LogP contribution is -2.14. The quantitative estimate of drug-likeness (QED) is 0.00971. The number of carbonyl (C=O) groups excluding carboxylic acids is 2. The van der Waals surface area contributed by atoms with E-state index in [0.717, 1.165) is 99.5 Å². The first-order chi connectivity index (χ1) is 67.8. The molecule has 0 heterocycles. The third-order valence-electron chi connectivity index (χ3n) is 22.0. The van der Waals surface area contributed by atoms with Crippen LogP contribution in [0, 0.1) is 6.92 Å². The predicted molar refractivity (Wildman–Crippen MR) is 593 cm³/mol. The average Bonchev–Trinajstić information content (AvgIpc) is 0.775. The summed E-state index contributed by atoms with van der Waals surface area (Å²) in [5, 5.41) is 48.5. The second-order valence-corrected chi connectivity index (χ2v) is 42.5. The first-order valence-corrected chi connectivity index (χ1v) is 56.8. The molecule has 0 aliphatic heterocycles. The second-order valence-electron chi connectivity index (χ2n) is 35.0. The van der Waals surface area contributed by atoms with Crippen LogP contribution in [0.2, 0.25) is 50.2 Å². The number of anilines is 4. The third kappa shape index (κ3) is 49.4. The van der Waals surface area contributed by atoms with Crippen LogP contribution in [0.5, 0.6) is 57.5 Å². The van der Waals surface area contributed by atoms with Gasteiger partial charge in [-0.1, -0.05) is 389 Å². The van der Waals surface area contributed by atoms with Gasteiger partial charge in [0, 0.05) is 0 Å². The van der Waals surface area contributed by atoms with Crippen LogP contribution < -0.4 is 40.4 Å². The molecule has 0 spiro atoms. The fourth-order valence-corrected chi connectivity index (χ4v) is 19.2. The highest BCUT2D eigenvalue weighted by atomic mass is 35.5. The molecular weight excluding hydrogens is 2100 g/mol. The summed E-state index contributed by atoms with van der Waals surface area (Å²) < 4.78 is 99.0. The highest BCUT2D eigenvalue weighted by Gasteiger charge is 2.24. The molecule has 142 heavy (non-hydrogen) atoms. The van der Waals surface area contributed by atoms with Gasteiger partial charge in [-0.2, -0.15) is 16.8 Å². The molecular formula is C106H140Cl10N4O18S4. The molecule has 36 heteroatoms. The monoisotopic (exact) mass is 2230 g/mol. The van der Waals surface area contributed by atoms with Crippen LogP contribution in [0.25, 0.3) is 0 Å². The number of nitrogens with one attached hydrogen (secondary N) is 4. The maximum Gasteiger partial charge on any atom is 0.338 e. The van der Waals surface area contributed by atoms with Gasteiger partial charge in [0.1, 0.15) is 28.7 Å². The topological polar surface area (TPSA) is 316 Å². The van der Waals surface area contributed by atoms with Crippen molar-refractivity contribution in [3.8, 4) is 57.5 Å². The molecule has 4 unspecified atom stereocenters. The van der Waals surface area contributed by atoms with E-state index >= 15 is 0 Å². The van der Waals surface area contributed by atoms with Crippen LogP contribution in [0.3, 0.4) is 0 Å². The summed E-state index contributed by atoms with van der Waals surface area (Å²) in [6.07, 6.45) is 39.9. The van der Waals surface area contributed by atoms with E-state index < -0.39 is 57.0 Å². The smallest absolute Gasteiger partial charge is 0.338 e. The number of ether oxygens (including phenoxy) is 3. The van der Waals surface area contributed by atoms with Crippen molar-refractivity contribution >= 4 is 196 Å². The molecule has 0 aromatic heterocycles. The lowest BCUT2D eigenvalue weighted by atomic mass is 9.88. The van der Waals surface area contributed by atoms with Gasteiger partial charge in [-0.05, 0) is 200 Å². The zero-order chi connectivity index (χ0) is 105. The summed E-state index contributed by atoms with van der Waals surface area (Å²) >= 11 is 50.6. The summed E-state index contributed by atoms with van der Waals surface area (Å²) in [6.45, 7) is 24.5. The molecule has 0 bridgehead atoms. The molecule has 0 aliphatic carbocycles. The van der Waals surface area contributed by atoms with Gasteiger partial charge in [-0.15, -0.1) is 0 Å². The summed E-state index contributed by atoms with van der Waals surface area (Å²) in [7, 11) is 0. The van der Waals surface area contributed by atoms with Crippen molar-refractivity contribution in [2.24, 2.45) is 0 Å². The van der Waals surface area contributed by atoms with Gasteiger partial charge in [-0.25, -0.2) is 9.59 Å². The van der Waals surface area contributed by atoms with E-state index in [-0.39, 0.29) is 117 Å². The van der Waals surface area contributed by atoms with Crippen molar-refractivity contribution in [1.29, 1.82) is 0 Å². The SMILES string of the molecule is CC(C)c1cc(C(C)C)c(OS(=O)Nc2cc(Cl)c(O)c(Cl)c2)c(C(C)C)c1.CCCCCCCCCCCCOc1ccc(OS(=O)Nc2cc(Cl)c(O)c(Cl)c2)cc1.CCCCCCCCCCCCc1ccc(OS(=O)Nc2cc(Cl)c(O)c(Cl)c2)cc1.CCCCCCCCOC(=O)c1cc(OS(=O)Nc2cc(Cl)c(O)c(Cl)c2)cc(C(=O)OCCCCCCCC)c1.Cc1cc(Cl)c(O)c(Cl)c1. The Balaban J connectivity index is 0.000000325. The summed E-state index contributed by atoms with van der Waals surface area (Å²) in [4.78, 5) is 25.6. The van der Waals surface area contributed by atoms with E-state index in [1.54, 1.807) is 36.4 Å². The van der Waals surface area contributed by atoms with Crippen LogP contribution in [-0.2, 0) is 61.0 Å². The number of phenolic OH excluding ortho intramolecular Hbond substituents is 5. The number of halogens is 10. The van der Waals surface area contributed by atoms with Crippen LogP contribution in [-0.4, -0.2) is 74.1 Å². The maximum atomic E-state index is 12.8. The van der Waals surface area contributed by atoms with E-state index in [1.807, 2.05) is 31.2 Å². The van der Waals surface area contributed by atoms with Gasteiger partial charge in [-0.3, -0.25) is 18.9 Å². The van der Waals surface area contributed by atoms with Crippen LogP contribution >= 0.6 is 116 Å². The molecule has 0 fully saturated rings. The first-order valence-electron chi connectivity index (χ1n) is 48.7.